The van der Waals surface area contributed by atoms with Crippen molar-refractivity contribution >= 4 is 11.6 Å². The van der Waals surface area contributed by atoms with Crippen LogP contribution < -0.4 is 10.2 Å². The highest BCUT2D eigenvalue weighted by Crippen LogP contribution is 2.16. The van der Waals surface area contributed by atoms with E-state index in [2.05, 4.69) is 17.1 Å². The highest BCUT2D eigenvalue weighted by Gasteiger charge is 2.18. The molecule has 23 heavy (non-hydrogen) atoms. The Kier molecular flexibility index (Phi) is 6.42. The maximum absolute atomic E-state index is 12.1. The molecule has 1 saturated heterocycles. The molecule has 2 rings (SSSR count). The normalized spacial score (nSPS) is 17.7. The van der Waals surface area contributed by atoms with Crippen molar-refractivity contribution in [3.63, 3.8) is 0 Å². The molecule has 0 radical (unpaired) electrons. The summed E-state index contributed by atoms with van der Waals surface area (Å²) in [5, 5.41) is 12.9. The molecule has 0 saturated carbocycles. The minimum absolute atomic E-state index is 0.137. The molecule has 5 nitrogen and oxygen atoms in total. The number of amides is 1. The average Bonchev–Trinajstić information content (AvgIpc) is 2.55. The van der Waals surface area contributed by atoms with Gasteiger partial charge < -0.3 is 20.2 Å². The van der Waals surface area contributed by atoms with Gasteiger partial charge in [-0.1, -0.05) is 6.92 Å². The maximum atomic E-state index is 12.1. The van der Waals surface area contributed by atoms with Crippen LogP contribution in [0.15, 0.2) is 24.3 Å². The molecule has 0 aromatic heterocycles. The number of nitrogens with one attached hydrogen (secondary N) is 1. The lowest BCUT2D eigenvalue weighted by Gasteiger charge is -2.31. The van der Waals surface area contributed by atoms with Crippen molar-refractivity contribution in [3.05, 3.63) is 29.8 Å². The largest absolute Gasteiger partial charge is 0.390 e. The standard InChI is InChI=1S/C18H29N3O2/c1-14-8-10-21(11-9-14)13-17(22)12-19-18(23)15-4-6-16(7-5-15)20(2)3/h4-7,14,17,22H,8-13H2,1-3H3,(H,19,23). The number of hydrogen-bond donors (Lipinski definition) is 2. The van der Waals surface area contributed by atoms with Gasteiger partial charge in [-0.15, -0.1) is 0 Å². The third-order valence-corrected chi connectivity index (χ3v) is 4.49. The molecular formula is C18H29N3O2. The lowest BCUT2D eigenvalue weighted by molar-refractivity contribution is 0.0795. The zero-order valence-electron chi connectivity index (χ0n) is 14.5. The number of likely N-dealkylation sites (tertiary alicyclic amines) is 1. The smallest absolute Gasteiger partial charge is 0.251 e. The van der Waals surface area contributed by atoms with Crippen LogP contribution >= 0.6 is 0 Å². The summed E-state index contributed by atoms with van der Waals surface area (Å²) in [6.45, 7) is 5.28. The van der Waals surface area contributed by atoms with E-state index in [1.807, 2.05) is 43.3 Å². The van der Waals surface area contributed by atoms with Crippen LogP contribution in [-0.2, 0) is 0 Å². The first kappa shape index (κ1) is 17.8. The Balaban J connectivity index is 1.75. The minimum Gasteiger partial charge on any atom is -0.390 e. The quantitative estimate of drug-likeness (QED) is 0.836. The third-order valence-electron chi connectivity index (χ3n) is 4.49. The lowest BCUT2D eigenvalue weighted by atomic mass is 9.99. The van der Waals surface area contributed by atoms with Gasteiger partial charge >= 0.3 is 0 Å². The van der Waals surface area contributed by atoms with Gasteiger partial charge in [-0.2, -0.15) is 0 Å². The summed E-state index contributed by atoms with van der Waals surface area (Å²) in [5.41, 5.74) is 1.68. The van der Waals surface area contributed by atoms with E-state index in [4.69, 9.17) is 0 Å². The maximum Gasteiger partial charge on any atom is 0.251 e. The Hall–Kier alpha value is -1.59. The number of aliphatic hydroxyl groups excluding tert-OH is 1. The highest BCUT2D eigenvalue weighted by atomic mass is 16.3. The van der Waals surface area contributed by atoms with Gasteiger partial charge in [0.2, 0.25) is 0 Å². The highest BCUT2D eigenvalue weighted by molar-refractivity contribution is 5.94. The molecule has 1 heterocycles. The molecule has 0 spiro atoms. The minimum atomic E-state index is -0.520. The molecule has 0 bridgehead atoms. The Morgan fingerprint density at radius 3 is 2.48 bits per heavy atom. The predicted molar refractivity (Wildman–Crippen MR) is 93.9 cm³/mol. The van der Waals surface area contributed by atoms with E-state index in [1.165, 1.54) is 12.8 Å². The van der Waals surface area contributed by atoms with Gasteiger partial charge in [-0.25, -0.2) is 0 Å². The zero-order valence-corrected chi connectivity index (χ0v) is 14.5. The van der Waals surface area contributed by atoms with Crippen molar-refractivity contribution in [2.24, 2.45) is 5.92 Å². The summed E-state index contributed by atoms with van der Waals surface area (Å²) < 4.78 is 0. The van der Waals surface area contributed by atoms with Gasteiger partial charge in [-0.3, -0.25) is 4.79 Å². The third kappa shape index (κ3) is 5.52. The number of β-amino-alcohol motifs (C(OH)–C–C–N with tert-alkyl or cyclic N) is 1. The van der Waals surface area contributed by atoms with Crippen LogP contribution in [0.3, 0.4) is 0 Å². The van der Waals surface area contributed by atoms with E-state index >= 15 is 0 Å². The van der Waals surface area contributed by atoms with Crippen LogP contribution in [0.5, 0.6) is 0 Å². The van der Waals surface area contributed by atoms with Gasteiger partial charge in [0.25, 0.3) is 5.91 Å². The molecule has 1 aromatic rings. The van der Waals surface area contributed by atoms with Gasteiger partial charge in [-0.05, 0) is 56.1 Å². The molecule has 1 aliphatic rings. The fourth-order valence-electron chi connectivity index (χ4n) is 2.83. The van der Waals surface area contributed by atoms with Crippen molar-refractivity contribution < 1.29 is 9.90 Å². The molecule has 5 heteroatoms. The van der Waals surface area contributed by atoms with E-state index in [0.29, 0.717) is 18.7 Å². The second-order valence-corrected chi connectivity index (χ2v) is 6.79. The summed E-state index contributed by atoms with van der Waals surface area (Å²) in [5.74, 6) is 0.648. The second-order valence-electron chi connectivity index (χ2n) is 6.79. The van der Waals surface area contributed by atoms with E-state index in [9.17, 15) is 9.90 Å². The zero-order chi connectivity index (χ0) is 16.8. The van der Waals surface area contributed by atoms with Gasteiger partial charge in [0.05, 0.1) is 6.10 Å². The molecule has 1 aliphatic heterocycles. The Labute approximate surface area is 139 Å². The molecule has 2 N–H and O–H groups in total. The summed E-state index contributed by atoms with van der Waals surface area (Å²) >= 11 is 0. The number of anilines is 1. The van der Waals surface area contributed by atoms with E-state index in [0.717, 1.165) is 24.7 Å². The van der Waals surface area contributed by atoms with Crippen LogP contribution in [0.2, 0.25) is 0 Å². The summed E-state index contributed by atoms with van der Waals surface area (Å²) in [4.78, 5) is 16.4. The lowest BCUT2D eigenvalue weighted by Crippen LogP contribution is -2.43. The molecule has 1 amide bonds. The average molecular weight is 319 g/mol. The summed E-state index contributed by atoms with van der Waals surface area (Å²) in [6.07, 6.45) is 1.86. The fourth-order valence-corrected chi connectivity index (χ4v) is 2.83. The molecule has 1 atom stereocenters. The SMILES string of the molecule is CC1CCN(CC(O)CNC(=O)c2ccc(N(C)C)cc2)CC1. The number of piperidine rings is 1. The molecule has 128 valence electrons. The number of benzene rings is 1. The number of aliphatic hydroxyl groups is 1. The van der Waals surface area contributed by atoms with E-state index in [-0.39, 0.29) is 5.91 Å². The number of hydrogen-bond acceptors (Lipinski definition) is 4. The summed E-state index contributed by atoms with van der Waals surface area (Å²) in [6, 6.07) is 7.45. The molecule has 0 aliphatic carbocycles. The first-order valence-electron chi connectivity index (χ1n) is 8.41. The van der Waals surface area contributed by atoms with Crippen LogP contribution in [0.4, 0.5) is 5.69 Å². The van der Waals surface area contributed by atoms with Crippen LogP contribution in [-0.4, -0.2) is 62.3 Å². The van der Waals surface area contributed by atoms with Crippen molar-refractivity contribution in [1.29, 1.82) is 0 Å². The van der Waals surface area contributed by atoms with Gasteiger partial charge in [0.15, 0.2) is 0 Å². The first-order valence-corrected chi connectivity index (χ1v) is 8.41. The van der Waals surface area contributed by atoms with Crippen molar-refractivity contribution in [1.82, 2.24) is 10.2 Å². The second kappa shape index (κ2) is 8.31. The Morgan fingerprint density at radius 1 is 1.30 bits per heavy atom. The predicted octanol–water partition coefficient (Wildman–Crippen LogP) is 1.58. The molecule has 1 fully saturated rings. The molecular weight excluding hydrogens is 290 g/mol. The van der Waals surface area contributed by atoms with Crippen LogP contribution in [0, 0.1) is 5.92 Å². The molecule has 1 aromatic carbocycles. The number of carbonyl (C=O) groups is 1. The first-order chi connectivity index (χ1) is 11.0. The van der Waals surface area contributed by atoms with E-state index < -0.39 is 6.10 Å². The number of nitrogens with zero attached hydrogens (tertiary/aromatic N) is 2. The van der Waals surface area contributed by atoms with E-state index in [1.54, 1.807) is 0 Å². The Bertz CT molecular complexity index is 493. The van der Waals surface area contributed by atoms with Crippen LogP contribution in [0.25, 0.3) is 0 Å². The fraction of sp³-hybridized carbons (Fsp3) is 0.611. The van der Waals surface area contributed by atoms with Crippen molar-refractivity contribution in [3.8, 4) is 0 Å². The number of carbonyl (C=O) groups excluding carboxylic acids is 1. The topological polar surface area (TPSA) is 55.8 Å². The number of rotatable bonds is 6. The van der Waals surface area contributed by atoms with Crippen molar-refractivity contribution in [2.45, 2.75) is 25.9 Å². The van der Waals surface area contributed by atoms with Gasteiger partial charge in [0.1, 0.15) is 0 Å². The Morgan fingerprint density at radius 2 is 1.91 bits per heavy atom. The monoisotopic (exact) mass is 319 g/mol. The molecule has 1 unspecified atom stereocenters. The van der Waals surface area contributed by atoms with Crippen LogP contribution in [0.1, 0.15) is 30.1 Å². The summed E-state index contributed by atoms with van der Waals surface area (Å²) in [7, 11) is 3.93. The van der Waals surface area contributed by atoms with Crippen molar-refractivity contribution in [2.75, 3.05) is 45.2 Å². The van der Waals surface area contributed by atoms with Gasteiger partial charge in [0, 0.05) is 38.4 Å².